The summed E-state index contributed by atoms with van der Waals surface area (Å²) < 4.78 is 27.1. The van der Waals surface area contributed by atoms with Crippen LogP contribution in [0.1, 0.15) is 24.8 Å². The maximum atomic E-state index is 12.5. The van der Waals surface area contributed by atoms with Crippen LogP contribution in [0.5, 0.6) is 0 Å². The Bertz CT molecular complexity index is 789. The van der Waals surface area contributed by atoms with E-state index in [9.17, 15) is 13.2 Å². The largest absolute Gasteiger partial charge is 0.337 e. The Balaban J connectivity index is 2.09. The molecule has 0 radical (unpaired) electrons. The normalized spacial score (nSPS) is 14.2. The lowest BCUT2D eigenvalue weighted by Crippen LogP contribution is -2.46. The number of amides is 1. The minimum atomic E-state index is -3.79. The molecule has 0 aliphatic rings. The summed E-state index contributed by atoms with van der Waals surface area (Å²) in [4.78, 5) is 15.2. The van der Waals surface area contributed by atoms with Gasteiger partial charge in [-0.15, -0.1) is 11.3 Å². The van der Waals surface area contributed by atoms with E-state index in [1.807, 2.05) is 24.4 Å². The minimum Gasteiger partial charge on any atom is -0.337 e. The molecule has 0 aliphatic carbocycles. The summed E-state index contributed by atoms with van der Waals surface area (Å²) in [7, 11) is -2.12. The number of carbonyl (C=O) groups excluding carboxylic acids is 1. The van der Waals surface area contributed by atoms with E-state index in [0.29, 0.717) is 5.02 Å². The van der Waals surface area contributed by atoms with Crippen LogP contribution in [0.2, 0.25) is 5.02 Å². The molecule has 1 heterocycles. The molecule has 1 unspecified atom stereocenters. The number of likely N-dealkylation sites (N-methyl/N-ethyl adjacent to an activating group) is 1. The summed E-state index contributed by atoms with van der Waals surface area (Å²) in [5.74, 6) is -0.298. The van der Waals surface area contributed by atoms with Gasteiger partial charge in [-0.2, -0.15) is 4.72 Å². The number of hydrogen-bond acceptors (Lipinski definition) is 4. The van der Waals surface area contributed by atoms with E-state index in [0.717, 1.165) is 4.88 Å². The highest BCUT2D eigenvalue weighted by molar-refractivity contribution is 7.89. The number of nitrogens with zero attached hydrogens (tertiary/aromatic N) is 1. The van der Waals surface area contributed by atoms with Crippen LogP contribution in [0.25, 0.3) is 0 Å². The Kier molecular flexibility index (Phi) is 6.03. The third-order valence-corrected chi connectivity index (χ3v) is 6.56. The summed E-state index contributed by atoms with van der Waals surface area (Å²) in [6.07, 6.45) is 0. The van der Waals surface area contributed by atoms with Crippen molar-refractivity contribution in [3.63, 3.8) is 0 Å². The Morgan fingerprint density at radius 1 is 1.21 bits per heavy atom. The molecule has 0 bridgehead atoms. The smallest absolute Gasteiger partial charge is 0.241 e. The fourth-order valence-corrected chi connectivity index (χ4v) is 4.33. The first-order valence-electron chi connectivity index (χ1n) is 7.30. The molecular weight excluding hydrogens is 368 g/mol. The van der Waals surface area contributed by atoms with Crippen LogP contribution in [0, 0.1) is 0 Å². The molecule has 1 aromatic carbocycles. The quantitative estimate of drug-likeness (QED) is 0.828. The van der Waals surface area contributed by atoms with Gasteiger partial charge in [0.2, 0.25) is 15.9 Å². The van der Waals surface area contributed by atoms with Gasteiger partial charge >= 0.3 is 0 Å². The minimum absolute atomic E-state index is 0.0699. The first-order valence-corrected chi connectivity index (χ1v) is 10.0. The van der Waals surface area contributed by atoms with Crippen LogP contribution in [0.3, 0.4) is 0 Å². The Labute approximate surface area is 151 Å². The van der Waals surface area contributed by atoms with Gasteiger partial charge in [-0.1, -0.05) is 17.7 Å². The first kappa shape index (κ1) is 18.9. The van der Waals surface area contributed by atoms with Crippen LogP contribution >= 0.6 is 22.9 Å². The second-order valence-electron chi connectivity index (χ2n) is 5.44. The third kappa shape index (κ3) is 4.36. The Morgan fingerprint density at radius 3 is 2.38 bits per heavy atom. The van der Waals surface area contributed by atoms with Crippen LogP contribution in [-0.4, -0.2) is 32.3 Å². The molecular formula is C16H19ClN2O3S2. The number of benzene rings is 1. The van der Waals surface area contributed by atoms with Crippen molar-refractivity contribution in [3.8, 4) is 0 Å². The summed E-state index contributed by atoms with van der Waals surface area (Å²) >= 11 is 7.32. The molecule has 1 N–H and O–H groups in total. The lowest BCUT2D eigenvalue weighted by molar-refractivity contribution is -0.133. The fourth-order valence-electron chi connectivity index (χ4n) is 2.18. The molecule has 2 atom stereocenters. The number of sulfonamides is 1. The molecule has 2 rings (SSSR count). The van der Waals surface area contributed by atoms with Crippen molar-refractivity contribution < 1.29 is 13.2 Å². The molecule has 1 amide bonds. The van der Waals surface area contributed by atoms with E-state index in [-0.39, 0.29) is 16.8 Å². The van der Waals surface area contributed by atoms with Crippen molar-refractivity contribution >= 4 is 38.9 Å². The summed E-state index contributed by atoms with van der Waals surface area (Å²) in [6, 6.07) is 8.66. The molecule has 0 saturated heterocycles. The lowest BCUT2D eigenvalue weighted by atomic mass is 10.2. The number of thiophene rings is 1. The summed E-state index contributed by atoms with van der Waals surface area (Å²) in [6.45, 7) is 3.44. The van der Waals surface area contributed by atoms with Gasteiger partial charge in [-0.3, -0.25) is 4.79 Å². The zero-order chi connectivity index (χ0) is 17.9. The summed E-state index contributed by atoms with van der Waals surface area (Å²) in [5, 5.41) is 2.39. The average Bonchev–Trinajstić information content (AvgIpc) is 3.07. The van der Waals surface area contributed by atoms with Crippen LogP contribution in [0.4, 0.5) is 0 Å². The molecule has 0 saturated carbocycles. The molecule has 0 spiro atoms. The van der Waals surface area contributed by atoms with Gasteiger partial charge in [-0.05, 0) is 49.6 Å². The highest BCUT2D eigenvalue weighted by atomic mass is 35.5. The summed E-state index contributed by atoms with van der Waals surface area (Å²) in [5.41, 5.74) is 0. The molecule has 130 valence electrons. The lowest BCUT2D eigenvalue weighted by Gasteiger charge is -2.27. The van der Waals surface area contributed by atoms with E-state index in [2.05, 4.69) is 4.72 Å². The molecule has 2 aromatic rings. The van der Waals surface area contributed by atoms with E-state index in [1.165, 1.54) is 31.2 Å². The van der Waals surface area contributed by atoms with E-state index in [1.54, 1.807) is 23.3 Å². The zero-order valence-electron chi connectivity index (χ0n) is 13.6. The number of rotatable bonds is 6. The molecule has 0 aliphatic heterocycles. The van der Waals surface area contributed by atoms with Crippen molar-refractivity contribution in [2.24, 2.45) is 0 Å². The predicted octanol–water partition coefficient (Wildman–Crippen LogP) is 3.29. The maximum absolute atomic E-state index is 12.5. The van der Waals surface area contributed by atoms with E-state index >= 15 is 0 Å². The van der Waals surface area contributed by atoms with Crippen LogP contribution in [-0.2, 0) is 14.8 Å². The van der Waals surface area contributed by atoms with Crippen molar-refractivity contribution in [3.05, 3.63) is 51.7 Å². The van der Waals surface area contributed by atoms with Gasteiger partial charge in [0, 0.05) is 16.9 Å². The highest BCUT2D eigenvalue weighted by Gasteiger charge is 2.27. The van der Waals surface area contributed by atoms with Crippen LogP contribution in [0.15, 0.2) is 46.7 Å². The predicted molar refractivity (Wildman–Crippen MR) is 96.7 cm³/mol. The Morgan fingerprint density at radius 2 is 1.83 bits per heavy atom. The number of halogens is 1. The monoisotopic (exact) mass is 386 g/mol. The average molecular weight is 387 g/mol. The van der Waals surface area contributed by atoms with Crippen molar-refractivity contribution in [1.29, 1.82) is 0 Å². The SMILES string of the molecule is CC(c1cccs1)N(C)C(=O)[C@H](C)NS(=O)(=O)c1ccc(Cl)cc1. The second-order valence-corrected chi connectivity index (χ2v) is 8.57. The second kappa shape index (κ2) is 7.65. The number of carbonyl (C=O) groups is 1. The first-order chi connectivity index (χ1) is 11.2. The number of hydrogen-bond donors (Lipinski definition) is 1. The van der Waals surface area contributed by atoms with Gasteiger partial charge in [-0.25, -0.2) is 8.42 Å². The van der Waals surface area contributed by atoms with Gasteiger partial charge in [0.25, 0.3) is 0 Å². The fraction of sp³-hybridized carbons (Fsp3) is 0.312. The van der Waals surface area contributed by atoms with Crippen molar-refractivity contribution in [2.75, 3.05) is 7.05 Å². The van der Waals surface area contributed by atoms with E-state index < -0.39 is 16.1 Å². The van der Waals surface area contributed by atoms with Gasteiger partial charge in [0.05, 0.1) is 17.0 Å². The third-order valence-electron chi connectivity index (χ3n) is 3.71. The van der Waals surface area contributed by atoms with Crippen molar-refractivity contribution in [2.45, 2.75) is 30.8 Å². The van der Waals surface area contributed by atoms with Crippen LogP contribution < -0.4 is 4.72 Å². The number of nitrogens with one attached hydrogen (secondary N) is 1. The molecule has 0 fully saturated rings. The molecule has 1 aromatic heterocycles. The topological polar surface area (TPSA) is 66.5 Å². The molecule has 8 heteroatoms. The molecule has 5 nitrogen and oxygen atoms in total. The Hall–Kier alpha value is -1.41. The van der Waals surface area contributed by atoms with Gasteiger partial charge < -0.3 is 4.90 Å². The zero-order valence-corrected chi connectivity index (χ0v) is 16.0. The van der Waals surface area contributed by atoms with Crippen molar-refractivity contribution in [1.82, 2.24) is 9.62 Å². The standard InChI is InChI=1S/C16H19ClN2O3S2/c1-11(16(20)19(3)12(2)15-5-4-10-23-15)18-24(21,22)14-8-6-13(17)7-9-14/h4-12,18H,1-3H3/t11-,12?/m0/s1. The van der Waals surface area contributed by atoms with E-state index in [4.69, 9.17) is 11.6 Å². The van der Waals surface area contributed by atoms with Gasteiger partial charge in [0.1, 0.15) is 0 Å². The van der Waals surface area contributed by atoms with Gasteiger partial charge in [0.15, 0.2) is 0 Å². The molecule has 24 heavy (non-hydrogen) atoms. The highest BCUT2D eigenvalue weighted by Crippen LogP contribution is 2.24. The maximum Gasteiger partial charge on any atom is 0.241 e.